The first kappa shape index (κ1) is 29.1. The average Bonchev–Trinajstić information content (AvgIpc) is 2.50. The lowest BCUT2D eigenvalue weighted by Crippen LogP contribution is -1.99. The molecule has 0 saturated carbocycles. The summed E-state index contributed by atoms with van der Waals surface area (Å²) in [6.45, 7) is 2.29. The zero-order valence-corrected chi connectivity index (χ0v) is 18.7. The van der Waals surface area contributed by atoms with E-state index in [-0.39, 0.29) is 5.48 Å². The predicted octanol–water partition coefficient (Wildman–Crippen LogP) is 6.48. The van der Waals surface area contributed by atoms with Crippen LogP contribution in [0.4, 0.5) is 0 Å². The lowest BCUT2D eigenvalue weighted by atomic mass is 10.0. The summed E-state index contributed by atoms with van der Waals surface area (Å²) in [5.41, 5.74) is 0. The Balaban J connectivity index is -0.000000787. The van der Waals surface area contributed by atoms with Crippen molar-refractivity contribution in [3.8, 4) is 0 Å². The SMILES string of the molecule is CCCCCCCCCCCCCCCCCCP.CN(C)C.O. The normalized spacial score (nSPS) is 10.2. The van der Waals surface area contributed by atoms with Crippen LogP contribution in [0.2, 0.25) is 0 Å². The first-order chi connectivity index (χ1) is 11.1. The summed E-state index contributed by atoms with van der Waals surface area (Å²) in [5.74, 6) is 0. The second kappa shape index (κ2) is 28.2. The molecule has 0 rings (SSSR count). The highest BCUT2D eigenvalue weighted by Gasteiger charge is 1.94. The Morgan fingerprint density at radius 3 is 0.917 bits per heavy atom. The summed E-state index contributed by atoms with van der Waals surface area (Å²) in [7, 11) is 8.83. The maximum atomic E-state index is 2.83. The van der Waals surface area contributed by atoms with Crippen LogP contribution in [0.25, 0.3) is 0 Å². The van der Waals surface area contributed by atoms with E-state index in [0.29, 0.717) is 0 Å². The van der Waals surface area contributed by atoms with E-state index in [1.807, 2.05) is 26.0 Å². The Kier molecular flexibility index (Phi) is 34.2. The fourth-order valence-corrected chi connectivity index (χ4v) is 2.98. The van der Waals surface area contributed by atoms with Gasteiger partial charge in [-0.25, -0.2) is 0 Å². The summed E-state index contributed by atoms with van der Waals surface area (Å²) in [4.78, 5) is 2.00. The molecule has 0 aromatic rings. The molecule has 0 aliphatic carbocycles. The molecule has 0 fully saturated rings. The molecule has 2 nitrogen and oxygen atoms in total. The van der Waals surface area contributed by atoms with Crippen molar-refractivity contribution in [3.05, 3.63) is 0 Å². The van der Waals surface area contributed by atoms with Crippen molar-refractivity contribution >= 4 is 9.24 Å². The number of hydrogen-bond donors (Lipinski definition) is 0. The van der Waals surface area contributed by atoms with Crippen LogP contribution in [0.3, 0.4) is 0 Å². The Morgan fingerprint density at radius 1 is 0.500 bits per heavy atom. The zero-order valence-electron chi connectivity index (χ0n) is 17.5. The second-order valence-electron chi connectivity index (χ2n) is 7.43. The summed E-state index contributed by atoms with van der Waals surface area (Å²) < 4.78 is 0. The molecule has 0 bridgehead atoms. The van der Waals surface area contributed by atoms with Crippen molar-refractivity contribution in [3.63, 3.8) is 0 Å². The van der Waals surface area contributed by atoms with Crippen LogP contribution in [0.1, 0.15) is 110 Å². The number of nitrogens with zero attached hydrogens (tertiary/aromatic N) is 1. The van der Waals surface area contributed by atoms with Gasteiger partial charge in [0.1, 0.15) is 0 Å². The molecule has 0 aliphatic heterocycles. The minimum atomic E-state index is 0. The highest BCUT2D eigenvalue weighted by molar-refractivity contribution is 7.16. The lowest BCUT2D eigenvalue weighted by Gasteiger charge is -2.03. The van der Waals surface area contributed by atoms with E-state index in [1.54, 1.807) is 0 Å². The Labute approximate surface area is 157 Å². The summed E-state index contributed by atoms with van der Waals surface area (Å²) >= 11 is 0. The van der Waals surface area contributed by atoms with Crippen molar-refractivity contribution < 1.29 is 5.48 Å². The van der Waals surface area contributed by atoms with Gasteiger partial charge >= 0.3 is 0 Å². The van der Waals surface area contributed by atoms with Crippen LogP contribution in [-0.4, -0.2) is 37.7 Å². The summed E-state index contributed by atoms with van der Waals surface area (Å²) in [6, 6.07) is 0. The van der Waals surface area contributed by atoms with Gasteiger partial charge in [-0.3, -0.25) is 0 Å². The van der Waals surface area contributed by atoms with Gasteiger partial charge in [-0.2, -0.15) is 0 Å². The molecule has 150 valence electrons. The van der Waals surface area contributed by atoms with Gasteiger partial charge in [0.05, 0.1) is 0 Å². The van der Waals surface area contributed by atoms with Crippen molar-refractivity contribution in [1.82, 2.24) is 4.90 Å². The molecular formula is C21H50NOP. The summed E-state index contributed by atoms with van der Waals surface area (Å²) in [6.07, 6.45) is 24.7. The standard InChI is InChI=1S/C18H39P.C3H9N.H2O/c1-2-3-4-5-6-7-8-9-10-11-12-13-14-15-16-17-18-19;1-4(2)3;/h2-19H2,1H3;1-3H3;1H2. The van der Waals surface area contributed by atoms with Crippen molar-refractivity contribution in [2.75, 3.05) is 27.3 Å². The molecule has 2 N–H and O–H groups in total. The van der Waals surface area contributed by atoms with E-state index in [4.69, 9.17) is 0 Å². The Hall–Kier alpha value is 0.350. The number of rotatable bonds is 16. The van der Waals surface area contributed by atoms with E-state index in [1.165, 1.54) is 109 Å². The fraction of sp³-hybridized carbons (Fsp3) is 1.00. The Bertz CT molecular complexity index is 170. The average molecular weight is 364 g/mol. The zero-order chi connectivity index (χ0) is 17.6. The number of hydrogen-bond acceptors (Lipinski definition) is 1. The molecule has 24 heavy (non-hydrogen) atoms. The third kappa shape index (κ3) is 38.1. The van der Waals surface area contributed by atoms with Crippen molar-refractivity contribution in [1.29, 1.82) is 0 Å². The van der Waals surface area contributed by atoms with Crippen LogP contribution in [-0.2, 0) is 0 Å². The molecule has 0 aromatic heterocycles. The van der Waals surface area contributed by atoms with E-state index < -0.39 is 0 Å². The van der Waals surface area contributed by atoms with Gasteiger partial charge in [0.15, 0.2) is 0 Å². The molecule has 0 saturated heterocycles. The minimum absolute atomic E-state index is 0. The van der Waals surface area contributed by atoms with Crippen LogP contribution in [0, 0.1) is 0 Å². The highest BCUT2D eigenvalue weighted by atomic mass is 31.0. The first-order valence-electron chi connectivity index (χ1n) is 10.5. The van der Waals surface area contributed by atoms with Gasteiger partial charge in [-0.05, 0) is 33.7 Å². The highest BCUT2D eigenvalue weighted by Crippen LogP contribution is 2.13. The van der Waals surface area contributed by atoms with E-state index in [0.717, 1.165) is 0 Å². The lowest BCUT2D eigenvalue weighted by molar-refractivity contribution is 0.505. The molecule has 0 aromatic carbocycles. The maximum absolute atomic E-state index is 2.83. The largest absolute Gasteiger partial charge is 0.412 e. The van der Waals surface area contributed by atoms with Gasteiger partial charge in [0.2, 0.25) is 0 Å². The second-order valence-corrected chi connectivity index (χ2v) is 8.01. The van der Waals surface area contributed by atoms with Gasteiger partial charge in [0.25, 0.3) is 0 Å². The number of unbranched alkanes of at least 4 members (excludes halogenated alkanes) is 15. The van der Waals surface area contributed by atoms with Gasteiger partial charge in [-0.1, -0.05) is 103 Å². The molecule has 0 amide bonds. The fourth-order valence-electron chi connectivity index (χ4n) is 2.69. The topological polar surface area (TPSA) is 34.7 Å². The van der Waals surface area contributed by atoms with Crippen LogP contribution < -0.4 is 0 Å². The molecule has 0 aliphatic rings. The van der Waals surface area contributed by atoms with Gasteiger partial charge < -0.3 is 10.4 Å². The monoisotopic (exact) mass is 363 g/mol. The van der Waals surface area contributed by atoms with Crippen LogP contribution in [0.15, 0.2) is 0 Å². The quantitative estimate of drug-likeness (QED) is 0.228. The van der Waals surface area contributed by atoms with Crippen molar-refractivity contribution in [2.24, 2.45) is 0 Å². The minimum Gasteiger partial charge on any atom is -0.412 e. The predicted molar refractivity (Wildman–Crippen MR) is 117 cm³/mol. The summed E-state index contributed by atoms with van der Waals surface area (Å²) in [5, 5.41) is 0. The molecule has 3 heteroatoms. The van der Waals surface area contributed by atoms with Gasteiger partial charge in [-0.15, -0.1) is 9.24 Å². The Morgan fingerprint density at radius 2 is 0.708 bits per heavy atom. The van der Waals surface area contributed by atoms with Crippen LogP contribution in [0.5, 0.6) is 0 Å². The maximum Gasteiger partial charge on any atom is -0.0140 e. The van der Waals surface area contributed by atoms with E-state index in [9.17, 15) is 0 Å². The van der Waals surface area contributed by atoms with Crippen molar-refractivity contribution in [2.45, 2.75) is 110 Å². The molecule has 0 radical (unpaired) electrons. The third-order valence-corrected chi connectivity index (χ3v) is 4.47. The molecule has 1 atom stereocenters. The van der Waals surface area contributed by atoms with E-state index in [2.05, 4.69) is 16.2 Å². The smallest absolute Gasteiger partial charge is 0.0140 e. The molecule has 1 unspecified atom stereocenters. The molecule has 0 spiro atoms. The first-order valence-corrected chi connectivity index (χ1v) is 11.3. The van der Waals surface area contributed by atoms with E-state index >= 15 is 0 Å². The molecular weight excluding hydrogens is 313 g/mol. The molecule has 0 heterocycles. The third-order valence-electron chi connectivity index (χ3n) is 4.06. The van der Waals surface area contributed by atoms with Crippen LogP contribution >= 0.6 is 9.24 Å². The van der Waals surface area contributed by atoms with Gasteiger partial charge in [0, 0.05) is 0 Å².